The van der Waals surface area contributed by atoms with Gasteiger partial charge in [0.2, 0.25) is 0 Å². The van der Waals surface area contributed by atoms with Crippen LogP contribution in [0, 0.1) is 11.1 Å². The molecule has 1 saturated heterocycles. The lowest BCUT2D eigenvalue weighted by atomic mass is 9.97. The van der Waals surface area contributed by atoms with Gasteiger partial charge >= 0.3 is 6.09 Å². The Morgan fingerprint density at radius 3 is 2.59 bits per heavy atom. The van der Waals surface area contributed by atoms with Crippen molar-refractivity contribution in [3.05, 3.63) is 23.4 Å². The van der Waals surface area contributed by atoms with Crippen molar-refractivity contribution in [2.24, 2.45) is 5.92 Å². The number of thiocarbonyl (C=S) groups is 1. The predicted molar refractivity (Wildman–Crippen MR) is 114 cm³/mol. The van der Waals surface area contributed by atoms with E-state index >= 15 is 0 Å². The van der Waals surface area contributed by atoms with Crippen LogP contribution in [0.4, 0.5) is 16.2 Å². The second-order valence-corrected chi connectivity index (χ2v) is 8.37. The number of hydrogen-bond donors (Lipinski definition) is 4. The van der Waals surface area contributed by atoms with Gasteiger partial charge in [-0.15, -0.1) is 0 Å². The molecule has 162 valence electrons. The molecular formula is C19H30N4O5S. The molecule has 29 heavy (non-hydrogen) atoms. The van der Waals surface area contributed by atoms with Crippen molar-refractivity contribution in [1.82, 2.24) is 10.2 Å². The van der Waals surface area contributed by atoms with E-state index in [1.54, 1.807) is 17.0 Å². The van der Waals surface area contributed by atoms with Crippen molar-refractivity contribution in [2.75, 3.05) is 32.1 Å². The molecule has 9 nitrogen and oxygen atoms in total. The Bertz CT molecular complexity index is 715. The first kappa shape index (κ1) is 23.1. The van der Waals surface area contributed by atoms with Gasteiger partial charge in [-0.2, -0.15) is 5.23 Å². The van der Waals surface area contributed by atoms with Crippen molar-refractivity contribution in [3.63, 3.8) is 0 Å². The topological polar surface area (TPSA) is 111 Å². The number of rotatable bonds is 5. The number of nitrogens with zero attached hydrogens (tertiary/aromatic N) is 1. The van der Waals surface area contributed by atoms with Crippen LogP contribution in [0.5, 0.6) is 5.75 Å². The van der Waals surface area contributed by atoms with Gasteiger partial charge in [0.15, 0.2) is 10.8 Å². The summed E-state index contributed by atoms with van der Waals surface area (Å²) in [4.78, 5) is 13.9. The molecule has 1 fully saturated rings. The van der Waals surface area contributed by atoms with Crippen LogP contribution in [0.15, 0.2) is 18.2 Å². The average molecular weight is 427 g/mol. The highest BCUT2D eigenvalue weighted by molar-refractivity contribution is 7.80. The van der Waals surface area contributed by atoms with Gasteiger partial charge in [0.1, 0.15) is 17.0 Å². The number of quaternary nitrogens is 1. The second-order valence-electron chi connectivity index (χ2n) is 7.96. The third-order valence-corrected chi connectivity index (χ3v) is 4.77. The summed E-state index contributed by atoms with van der Waals surface area (Å²) >= 11 is 5.31. The second kappa shape index (κ2) is 10.1. The first-order valence-electron chi connectivity index (χ1n) is 9.53. The highest BCUT2D eigenvalue weighted by Crippen LogP contribution is 2.24. The average Bonchev–Trinajstić information content (AvgIpc) is 2.65. The van der Waals surface area contributed by atoms with Crippen molar-refractivity contribution in [3.8, 4) is 5.75 Å². The van der Waals surface area contributed by atoms with Crippen LogP contribution in [0.1, 0.15) is 33.6 Å². The molecule has 0 aliphatic carbocycles. The van der Waals surface area contributed by atoms with Crippen LogP contribution in [0.2, 0.25) is 0 Å². The summed E-state index contributed by atoms with van der Waals surface area (Å²) in [5.74, 6) is 0.826. The third kappa shape index (κ3) is 7.32. The lowest BCUT2D eigenvalue weighted by Gasteiger charge is -2.33. The van der Waals surface area contributed by atoms with E-state index in [2.05, 4.69) is 10.6 Å². The molecule has 4 N–H and O–H groups in total. The van der Waals surface area contributed by atoms with E-state index in [1.165, 1.54) is 13.2 Å². The van der Waals surface area contributed by atoms with Crippen molar-refractivity contribution in [1.29, 1.82) is 0 Å². The van der Waals surface area contributed by atoms with Crippen LogP contribution >= 0.6 is 12.2 Å². The molecule has 0 radical (unpaired) electrons. The van der Waals surface area contributed by atoms with E-state index < -0.39 is 10.8 Å². The lowest BCUT2D eigenvalue weighted by Crippen LogP contribution is -2.99. The molecule has 0 saturated carbocycles. The molecule has 0 spiro atoms. The Labute approximate surface area is 176 Å². The predicted octanol–water partition coefficient (Wildman–Crippen LogP) is 2.03. The maximum atomic E-state index is 12.1. The summed E-state index contributed by atoms with van der Waals surface area (Å²) in [6.07, 6.45) is 1.41. The quantitative estimate of drug-likeness (QED) is 0.418. The standard InChI is InChI=1S/C19H30N4O5S/c1-19(2,3)28-18(24)22-9-7-13(8-10-22)12-20-17(29)21-15-6-5-14(27-4)11-16(15)23(25)26/h5-6,11,13,23,25H,7-10,12H2,1-4H3,(H2,20,21,29). The monoisotopic (exact) mass is 426 g/mol. The molecule has 10 heteroatoms. The molecule has 1 aromatic carbocycles. The van der Waals surface area contributed by atoms with E-state index in [9.17, 15) is 15.2 Å². The molecule has 1 atom stereocenters. The third-order valence-electron chi connectivity index (χ3n) is 4.52. The summed E-state index contributed by atoms with van der Waals surface area (Å²) < 4.78 is 10.5. The fraction of sp³-hybridized carbons (Fsp3) is 0.579. The van der Waals surface area contributed by atoms with Gasteiger partial charge in [0.05, 0.1) is 7.11 Å². The first-order valence-corrected chi connectivity index (χ1v) is 9.94. The van der Waals surface area contributed by atoms with Crippen LogP contribution in [-0.4, -0.2) is 53.7 Å². The van der Waals surface area contributed by atoms with E-state index in [1.807, 2.05) is 20.8 Å². The Kier molecular flexibility index (Phi) is 8.03. The van der Waals surface area contributed by atoms with Gasteiger partial charge in [0, 0.05) is 25.7 Å². The Balaban J connectivity index is 1.80. The summed E-state index contributed by atoms with van der Waals surface area (Å²) in [5, 5.41) is 26.2. The molecule has 1 aliphatic heterocycles. The number of nitrogens with one attached hydrogen (secondary N) is 3. The number of carbonyl (C=O) groups excluding carboxylic acids is 1. The fourth-order valence-corrected chi connectivity index (χ4v) is 3.18. The first-order chi connectivity index (χ1) is 13.6. The Morgan fingerprint density at radius 2 is 2.03 bits per heavy atom. The van der Waals surface area contributed by atoms with Gasteiger partial charge in [-0.05, 0) is 63.9 Å². The van der Waals surface area contributed by atoms with E-state index in [0.29, 0.717) is 42.1 Å². The summed E-state index contributed by atoms with van der Waals surface area (Å²) in [7, 11) is 1.48. The SMILES string of the molecule is COc1ccc(NC(=S)NCC2CCN(C(=O)OC(C)(C)C)CC2)c([NH+]([O-])O)c1. The van der Waals surface area contributed by atoms with Gasteiger partial charge in [-0.25, -0.2) is 10.0 Å². The number of hydrogen-bond acceptors (Lipinski definition) is 6. The van der Waals surface area contributed by atoms with Crippen LogP contribution in [0.3, 0.4) is 0 Å². The zero-order chi connectivity index (χ0) is 21.6. The molecule has 0 aromatic heterocycles. The van der Waals surface area contributed by atoms with Crippen LogP contribution in [0.25, 0.3) is 0 Å². The molecule has 0 bridgehead atoms. The number of carbonyl (C=O) groups is 1. The molecule has 1 amide bonds. The van der Waals surface area contributed by atoms with E-state index in [4.69, 9.17) is 21.7 Å². The summed E-state index contributed by atoms with van der Waals surface area (Å²) in [5.41, 5.74) is -0.0152. The van der Waals surface area contributed by atoms with E-state index in [0.717, 1.165) is 12.8 Å². The number of amides is 1. The highest BCUT2D eigenvalue weighted by atomic mass is 32.1. The van der Waals surface area contributed by atoms with Crippen LogP contribution < -0.4 is 20.6 Å². The van der Waals surface area contributed by atoms with Crippen molar-refractivity contribution < 1.29 is 24.7 Å². The lowest BCUT2D eigenvalue weighted by molar-refractivity contribution is -0.990. The zero-order valence-electron chi connectivity index (χ0n) is 17.3. The smallest absolute Gasteiger partial charge is 0.410 e. The van der Waals surface area contributed by atoms with E-state index in [-0.39, 0.29) is 11.8 Å². The Hall–Kier alpha value is -2.14. The minimum Gasteiger partial charge on any atom is -0.595 e. The summed E-state index contributed by atoms with van der Waals surface area (Å²) in [6.45, 7) is 7.50. The number of methoxy groups -OCH3 is 1. The molecule has 1 heterocycles. The molecule has 2 rings (SSSR count). The number of likely N-dealkylation sites (tertiary alicyclic amines) is 1. The fourth-order valence-electron chi connectivity index (χ4n) is 2.99. The largest absolute Gasteiger partial charge is 0.595 e. The maximum Gasteiger partial charge on any atom is 0.410 e. The van der Waals surface area contributed by atoms with Crippen molar-refractivity contribution in [2.45, 2.75) is 39.2 Å². The zero-order valence-corrected chi connectivity index (χ0v) is 18.1. The minimum atomic E-state index is -1.07. The van der Waals surface area contributed by atoms with Crippen molar-refractivity contribution >= 4 is 34.8 Å². The molecule has 1 aliphatic rings. The summed E-state index contributed by atoms with van der Waals surface area (Å²) in [6, 6.07) is 4.74. The minimum absolute atomic E-state index is 0.0826. The normalized spacial score (nSPS) is 16.1. The molecule has 1 aromatic rings. The van der Waals surface area contributed by atoms with Gasteiger partial charge in [-0.3, -0.25) is 0 Å². The maximum absolute atomic E-state index is 12.1. The van der Waals surface area contributed by atoms with Crippen LogP contribution in [-0.2, 0) is 4.74 Å². The highest BCUT2D eigenvalue weighted by Gasteiger charge is 2.26. The van der Waals surface area contributed by atoms with Gasteiger partial charge < -0.3 is 30.2 Å². The molecule has 1 unspecified atom stereocenters. The number of ether oxygens (including phenoxy) is 2. The number of anilines is 1. The number of piperidine rings is 1. The Morgan fingerprint density at radius 1 is 1.38 bits per heavy atom. The number of benzene rings is 1. The van der Waals surface area contributed by atoms with Gasteiger partial charge in [-0.1, -0.05) is 0 Å². The molecular weight excluding hydrogens is 396 g/mol. The van der Waals surface area contributed by atoms with Gasteiger partial charge in [0.25, 0.3) is 0 Å².